The van der Waals surface area contributed by atoms with Crippen molar-refractivity contribution in [1.29, 1.82) is 0 Å². The van der Waals surface area contributed by atoms with Crippen molar-refractivity contribution in [2.24, 2.45) is 10.9 Å². The average Bonchev–Trinajstić information content (AvgIpc) is 2.58. The van der Waals surface area contributed by atoms with Crippen LogP contribution < -0.4 is 15.2 Å². The van der Waals surface area contributed by atoms with Crippen LogP contribution in [0.1, 0.15) is 5.56 Å². The molecule has 0 aliphatic heterocycles. The van der Waals surface area contributed by atoms with Gasteiger partial charge in [-0.2, -0.15) is 0 Å². The molecule has 0 saturated carbocycles. The van der Waals surface area contributed by atoms with Crippen LogP contribution in [0.2, 0.25) is 0 Å². The Labute approximate surface area is 127 Å². The van der Waals surface area contributed by atoms with Crippen LogP contribution in [0.5, 0.6) is 11.5 Å². The Morgan fingerprint density at radius 1 is 1.18 bits per heavy atom. The number of amidine groups is 1. The number of para-hydroxylation sites is 2. The lowest BCUT2D eigenvalue weighted by atomic mass is 10.2. The summed E-state index contributed by atoms with van der Waals surface area (Å²) in [5.41, 5.74) is 6.29. The summed E-state index contributed by atoms with van der Waals surface area (Å²) in [4.78, 5) is 20.1. The van der Waals surface area contributed by atoms with Gasteiger partial charge in [0, 0.05) is 18.0 Å². The van der Waals surface area contributed by atoms with E-state index in [9.17, 15) is 4.79 Å². The molecule has 1 aromatic carbocycles. The SMILES string of the molecule is COc1ccccc1OCC(=O)O/N=C(\N)c1ccncc1. The van der Waals surface area contributed by atoms with Crippen LogP contribution in [0.25, 0.3) is 0 Å². The number of aromatic nitrogens is 1. The number of carbonyl (C=O) groups is 1. The molecule has 1 aromatic heterocycles. The summed E-state index contributed by atoms with van der Waals surface area (Å²) in [6.07, 6.45) is 3.12. The van der Waals surface area contributed by atoms with E-state index < -0.39 is 5.97 Å². The lowest BCUT2D eigenvalue weighted by Crippen LogP contribution is -2.18. The quantitative estimate of drug-likeness (QED) is 0.374. The van der Waals surface area contributed by atoms with E-state index in [1.165, 1.54) is 7.11 Å². The molecule has 7 heteroatoms. The molecule has 0 radical (unpaired) electrons. The third kappa shape index (κ3) is 4.20. The molecule has 2 aromatic rings. The van der Waals surface area contributed by atoms with Crippen molar-refractivity contribution in [3.05, 3.63) is 54.4 Å². The van der Waals surface area contributed by atoms with E-state index in [-0.39, 0.29) is 12.4 Å². The van der Waals surface area contributed by atoms with Crippen molar-refractivity contribution < 1.29 is 19.1 Å². The molecule has 0 saturated heterocycles. The zero-order chi connectivity index (χ0) is 15.8. The first-order valence-corrected chi connectivity index (χ1v) is 6.40. The minimum absolute atomic E-state index is 0.0769. The molecule has 0 aliphatic rings. The number of pyridine rings is 1. The molecule has 0 fully saturated rings. The number of nitrogens with zero attached hydrogens (tertiary/aromatic N) is 2. The standard InChI is InChI=1S/C15H15N3O4/c1-20-12-4-2-3-5-13(12)21-10-14(19)22-18-15(16)11-6-8-17-9-7-11/h2-9H,10H2,1H3,(H2,16,18). The second kappa shape index (κ2) is 7.63. The molecule has 22 heavy (non-hydrogen) atoms. The summed E-state index contributed by atoms with van der Waals surface area (Å²) >= 11 is 0. The summed E-state index contributed by atoms with van der Waals surface area (Å²) in [7, 11) is 1.51. The highest BCUT2D eigenvalue weighted by molar-refractivity contribution is 5.97. The van der Waals surface area contributed by atoms with Crippen LogP contribution >= 0.6 is 0 Å². The fourth-order valence-corrected chi connectivity index (χ4v) is 1.58. The first-order chi connectivity index (χ1) is 10.7. The maximum atomic E-state index is 11.6. The molecule has 0 bridgehead atoms. The number of oxime groups is 1. The first-order valence-electron chi connectivity index (χ1n) is 6.40. The second-order valence-electron chi connectivity index (χ2n) is 4.12. The highest BCUT2D eigenvalue weighted by Crippen LogP contribution is 2.25. The van der Waals surface area contributed by atoms with E-state index in [2.05, 4.69) is 10.1 Å². The van der Waals surface area contributed by atoms with E-state index in [1.54, 1.807) is 48.8 Å². The largest absolute Gasteiger partial charge is 0.493 e. The number of rotatable bonds is 6. The van der Waals surface area contributed by atoms with Crippen molar-refractivity contribution in [1.82, 2.24) is 4.98 Å². The summed E-state index contributed by atoms with van der Waals surface area (Å²) < 4.78 is 10.4. The van der Waals surface area contributed by atoms with Gasteiger partial charge in [-0.3, -0.25) is 4.98 Å². The van der Waals surface area contributed by atoms with Crippen LogP contribution in [0, 0.1) is 0 Å². The molecule has 0 aliphatic carbocycles. The minimum Gasteiger partial charge on any atom is -0.493 e. The molecule has 0 atom stereocenters. The first kappa shape index (κ1) is 15.3. The van der Waals surface area contributed by atoms with Crippen molar-refractivity contribution in [3.63, 3.8) is 0 Å². The maximum absolute atomic E-state index is 11.6. The van der Waals surface area contributed by atoms with Gasteiger partial charge in [-0.25, -0.2) is 4.79 Å². The highest BCUT2D eigenvalue weighted by atomic mass is 16.7. The Balaban J connectivity index is 1.88. The molecule has 1 heterocycles. The predicted molar refractivity (Wildman–Crippen MR) is 79.5 cm³/mol. The topological polar surface area (TPSA) is 96.0 Å². The fourth-order valence-electron chi connectivity index (χ4n) is 1.58. The minimum atomic E-state index is -0.678. The number of carbonyl (C=O) groups excluding carboxylic acids is 1. The van der Waals surface area contributed by atoms with Crippen molar-refractivity contribution in [2.45, 2.75) is 0 Å². The lowest BCUT2D eigenvalue weighted by Gasteiger charge is -2.08. The zero-order valence-electron chi connectivity index (χ0n) is 11.9. The Morgan fingerprint density at radius 2 is 1.86 bits per heavy atom. The van der Waals surface area contributed by atoms with Gasteiger partial charge in [0.05, 0.1) is 7.11 Å². The van der Waals surface area contributed by atoms with Crippen LogP contribution in [0.15, 0.2) is 53.9 Å². The van der Waals surface area contributed by atoms with Crippen molar-refractivity contribution in [3.8, 4) is 11.5 Å². The zero-order valence-corrected chi connectivity index (χ0v) is 11.9. The molecular weight excluding hydrogens is 286 g/mol. The molecule has 2 rings (SSSR count). The van der Waals surface area contributed by atoms with Gasteiger partial charge in [0.1, 0.15) is 0 Å². The van der Waals surface area contributed by atoms with Crippen molar-refractivity contribution in [2.75, 3.05) is 13.7 Å². The Morgan fingerprint density at radius 3 is 2.55 bits per heavy atom. The summed E-state index contributed by atoms with van der Waals surface area (Å²) in [5.74, 6) is 0.360. The van der Waals surface area contributed by atoms with Crippen LogP contribution in [0.3, 0.4) is 0 Å². The monoisotopic (exact) mass is 301 g/mol. The molecule has 0 spiro atoms. The van der Waals surface area contributed by atoms with Crippen molar-refractivity contribution >= 4 is 11.8 Å². The number of nitrogens with two attached hydrogens (primary N) is 1. The van der Waals surface area contributed by atoms with Gasteiger partial charge < -0.3 is 20.0 Å². The van der Waals surface area contributed by atoms with Gasteiger partial charge in [-0.05, 0) is 24.3 Å². The van der Waals surface area contributed by atoms with E-state index in [4.69, 9.17) is 20.0 Å². The fraction of sp³-hybridized carbons (Fsp3) is 0.133. The number of ether oxygens (including phenoxy) is 2. The van der Waals surface area contributed by atoms with E-state index in [1.807, 2.05) is 0 Å². The maximum Gasteiger partial charge on any atom is 0.372 e. The lowest BCUT2D eigenvalue weighted by molar-refractivity contribution is -0.146. The summed E-state index contributed by atoms with van der Waals surface area (Å²) in [5, 5.41) is 3.56. The molecule has 0 amide bonds. The van der Waals surface area contributed by atoms with Crippen LogP contribution in [-0.2, 0) is 9.63 Å². The molecular formula is C15H15N3O4. The molecule has 2 N–H and O–H groups in total. The average molecular weight is 301 g/mol. The normalized spacial score (nSPS) is 10.9. The van der Waals surface area contributed by atoms with E-state index >= 15 is 0 Å². The van der Waals surface area contributed by atoms with Gasteiger partial charge in [-0.1, -0.05) is 17.3 Å². The number of hydrogen-bond acceptors (Lipinski definition) is 6. The van der Waals surface area contributed by atoms with Gasteiger partial charge in [0.25, 0.3) is 0 Å². The summed E-state index contributed by atoms with van der Waals surface area (Å²) in [6.45, 7) is -0.312. The number of methoxy groups -OCH3 is 1. The number of hydrogen-bond donors (Lipinski definition) is 1. The third-order valence-corrected chi connectivity index (χ3v) is 2.64. The van der Waals surface area contributed by atoms with Crippen LogP contribution in [-0.4, -0.2) is 30.5 Å². The van der Waals surface area contributed by atoms with Gasteiger partial charge in [0.2, 0.25) is 0 Å². The van der Waals surface area contributed by atoms with Gasteiger partial charge >= 0.3 is 5.97 Å². The molecule has 7 nitrogen and oxygen atoms in total. The Bertz CT molecular complexity index is 659. The smallest absolute Gasteiger partial charge is 0.372 e. The summed E-state index contributed by atoms with van der Waals surface area (Å²) in [6, 6.07) is 10.3. The Kier molecular flexibility index (Phi) is 5.31. The predicted octanol–water partition coefficient (Wildman–Crippen LogP) is 1.33. The van der Waals surface area contributed by atoms with E-state index in [0.29, 0.717) is 17.1 Å². The third-order valence-electron chi connectivity index (χ3n) is 2.64. The van der Waals surface area contributed by atoms with E-state index in [0.717, 1.165) is 0 Å². The Hall–Kier alpha value is -3.09. The van der Waals surface area contributed by atoms with Crippen LogP contribution in [0.4, 0.5) is 0 Å². The second-order valence-corrected chi connectivity index (χ2v) is 4.12. The highest BCUT2D eigenvalue weighted by Gasteiger charge is 2.08. The van der Waals surface area contributed by atoms with Gasteiger partial charge in [-0.15, -0.1) is 0 Å². The number of benzene rings is 1. The molecule has 114 valence electrons. The van der Waals surface area contributed by atoms with Gasteiger partial charge in [0.15, 0.2) is 23.9 Å². The molecule has 0 unspecified atom stereocenters.